The van der Waals surface area contributed by atoms with Crippen LogP contribution in [0.25, 0.3) is 0 Å². The van der Waals surface area contributed by atoms with Gasteiger partial charge >= 0.3 is 0 Å². The van der Waals surface area contributed by atoms with Crippen LogP contribution in [0.5, 0.6) is 0 Å². The second-order valence-electron chi connectivity index (χ2n) is 5.09. The number of aliphatic hydroxyl groups excluding tert-OH is 1. The molecule has 110 valence electrons. The van der Waals surface area contributed by atoms with Gasteiger partial charge in [-0.3, -0.25) is 9.59 Å². The summed E-state index contributed by atoms with van der Waals surface area (Å²) in [4.78, 5) is 24.5. The zero-order valence-corrected chi connectivity index (χ0v) is 11.4. The summed E-state index contributed by atoms with van der Waals surface area (Å²) in [6.45, 7) is 0.0830. The van der Waals surface area contributed by atoms with Crippen LogP contribution in [0.15, 0.2) is 23.0 Å². The highest BCUT2D eigenvalue weighted by Crippen LogP contribution is 2.29. The summed E-state index contributed by atoms with van der Waals surface area (Å²) in [6.07, 6.45) is 6.89. The zero-order valence-electron chi connectivity index (χ0n) is 11.4. The summed E-state index contributed by atoms with van der Waals surface area (Å²) in [6, 6.07) is 1.57. The zero-order chi connectivity index (χ0) is 14.4. The Morgan fingerprint density at radius 1 is 1.30 bits per heavy atom. The molecule has 0 atom stereocenters. The van der Waals surface area contributed by atoms with Crippen LogP contribution in [0.1, 0.15) is 42.5 Å². The number of hydrogen-bond acceptors (Lipinski definition) is 4. The van der Waals surface area contributed by atoms with Crippen LogP contribution >= 0.6 is 0 Å². The second-order valence-corrected chi connectivity index (χ2v) is 5.09. The van der Waals surface area contributed by atoms with Crippen molar-refractivity contribution in [3.63, 3.8) is 0 Å². The smallest absolute Gasteiger partial charge is 0.255 e. The molecular formula is C14H20N2O4. The van der Waals surface area contributed by atoms with Gasteiger partial charge in [-0.2, -0.15) is 0 Å². The van der Waals surface area contributed by atoms with Gasteiger partial charge in [-0.1, -0.05) is 19.3 Å². The Morgan fingerprint density at radius 3 is 2.65 bits per heavy atom. The van der Waals surface area contributed by atoms with E-state index < -0.39 is 5.54 Å². The van der Waals surface area contributed by atoms with Crippen molar-refractivity contribution < 1.29 is 19.1 Å². The molecule has 3 N–H and O–H groups in total. The number of rotatable bonds is 5. The topological polar surface area (TPSA) is 91.6 Å². The predicted octanol–water partition coefficient (Wildman–Crippen LogP) is 0.821. The van der Waals surface area contributed by atoms with E-state index in [2.05, 4.69) is 10.6 Å². The fourth-order valence-electron chi connectivity index (χ4n) is 2.59. The van der Waals surface area contributed by atoms with Gasteiger partial charge in [-0.05, 0) is 18.9 Å². The Balaban J connectivity index is 2.10. The normalized spacial score (nSPS) is 17.4. The maximum absolute atomic E-state index is 12.3. The van der Waals surface area contributed by atoms with Crippen molar-refractivity contribution >= 4 is 11.8 Å². The van der Waals surface area contributed by atoms with Crippen LogP contribution in [0.2, 0.25) is 0 Å². The van der Waals surface area contributed by atoms with E-state index in [0.29, 0.717) is 18.4 Å². The Labute approximate surface area is 117 Å². The van der Waals surface area contributed by atoms with Crippen LogP contribution in [0.4, 0.5) is 0 Å². The molecule has 0 aromatic carbocycles. The van der Waals surface area contributed by atoms with E-state index in [1.807, 2.05) is 0 Å². The molecule has 0 unspecified atom stereocenters. The molecular weight excluding hydrogens is 260 g/mol. The van der Waals surface area contributed by atoms with E-state index in [1.165, 1.54) is 12.5 Å². The van der Waals surface area contributed by atoms with Crippen LogP contribution in [0.3, 0.4) is 0 Å². The Morgan fingerprint density at radius 2 is 2.05 bits per heavy atom. The first-order chi connectivity index (χ1) is 9.68. The number of nitrogens with one attached hydrogen (secondary N) is 2. The molecule has 1 heterocycles. The van der Waals surface area contributed by atoms with Gasteiger partial charge in [0.2, 0.25) is 5.91 Å². The van der Waals surface area contributed by atoms with Crippen LogP contribution in [0, 0.1) is 0 Å². The molecule has 0 spiro atoms. The minimum Gasteiger partial charge on any atom is -0.472 e. The number of furan rings is 1. The fraction of sp³-hybridized carbons (Fsp3) is 0.571. The molecule has 0 radical (unpaired) electrons. The third-order valence-corrected chi connectivity index (χ3v) is 3.68. The summed E-state index contributed by atoms with van der Waals surface area (Å²) in [5, 5.41) is 14.3. The van der Waals surface area contributed by atoms with E-state index in [1.54, 1.807) is 6.07 Å². The molecule has 1 fully saturated rings. The molecule has 2 rings (SSSR count). The lowest BCUT2D eigenvalue weighted by Crippen LogP contribution is -2.60. The Kier molecular flexibility index (Phi) is 4.79. The van der Waals surface area contributed by atoms with Crippen molar-refractivity contribution in [3.05, 3.63) is 24.2 Å². The number of hydrogen-bond donors (Lipinski definition) is 3. The minimum atomic E-state index is -0.873. The van der Waals surface area contributed by atoms with E-state index >= 15 is 0 Å². The van der Waals surface area contributed by atoms with E-state index in [0.717, 1.165) is 19.3 Å². The summed E-state index contributed by atoms with van der Waals surface area (Å²) < 4.78 is 4.89. The molecule has 1 aliphatic carbocycles. The summed E-state index contributed by atoms with van der Waals surface area (Å²) in [5.41, 5.74) is -0.466. The van der Waals surface area contributed by atoms with Crippen molar-refractivity contribution in [2.75, 3.05) is 13.2 Å². The predicted molar refractivity (Wildman–Crippen MR) is 72.1 cm³/mol. The lowest BCUT2D eigenvalue weighted by Gasteiger charge is -2.36. The van der Waals surface area contributed by atoms with Gasteiger partial charge in [0.15, 0.2) is 0 Å². The van der Waals surface area contributed by atoms with Gasteiger partial charge in [0, 0.05) is 6.54 Å². The van der Waals surface area contributed by atoms with Crippen LogP contribution < -0.4 is 10.6 Å². The van der Waals surface area contributed by atoms with Crippen LogP contribution in [-0.2, 0) is 4.79 Å². The van der Waals surface area contributed by atoms with Gasteiger partial charge in [0.1, 0.15) is 11.8 Å². The van der Waals surface area contributed by atoms with Crippen molar-refractivity contribution in [1.29, 1.82) is 0 Å². The molecule has 0 bridgehead atoms. The van der Waals surface area contributed by atoms with E-state index in [9.17, 15) is 9.59 Å². The van der Waals surface area contributed by atoms with Gasteiger partial charge in [-0.25, -0.2) is 0 Å². The molecule has 1 aromatic heterocycles. The molecule has 6 heteroatoms. The average molecular weight is 280 g/mol. The third kappa shape index (κ3) is 3.19. The standard InChI is InChI=1S/C14H20N2O4/c17-8-7-15-13(19)14(5-2-1-3-6-14)16-12(18)11-4-9-20-10-11/h4,9-10,17H,1-3,5-8H2,(H,15,19)(H,16,18). The fourth-order valence-corrected chi connectivity index (χ4v) is 2.59. The van der Waals surface area contributed by atoms with Crippen molar-refractivity contribution in [2.24, 2.45) is 0 Å². The largest absolute Gasteiger partial charge is 0.472 e. The molecule has 1 saturated carbocycles. The molecule has 6 nitrogen and oxygen atoms in total. The molecule has 0 aliphatic heterocycles. The van der Waals surface area contributed by atoms with Crippen LogP contribution in [-0.4, -0.2) is 35.6 Å². The van der Waals surface area contributed by atoms with Gasteiger partial charge in [0.25, 0.3) is 5.91 Å². The second kappa shape index (κ2) is 6.56. The maximum Gasteiger partial charge on any atom is 0.255 e. The molecule has 2 amide bonds. The van der Waals surface area contributed by atoms with Crippen molar-refractivity contribution in [1.82, 2.24) is 10.6 Å². The number of amides is 2. The summed E-state index contributed by atoms with van der Waals surface area (Å²) in [7, 11) is 0. The van der Waals surface area contributed by atoms with Gasteiger partial charge in [0.05, 0.1) is 18.4 Å². The van der Waals surface area contributed by atoms with Crippen molar-refractivity contribution in [2.45, 2.75) is 37.6 Å². The monoisotopic (exact) mass is 280 g/mol. The Bertz CT molecular complexity index is 450. The molecule has 1 aliphatic rings. The first kappa shape index (κ1) is 14.6. The van der Waals surface area contributed by atoms with E-state index in [-0.39, 0.29) is 25.0 Å². The summed E-state index contributed by atoms with van der Waals surface area (Å²) >= 11 is 0. The molecule has 20 heavy (non-hydrogen) atoms. The quantitative estimate of drug-likeness (QED) is 0.744. The summed E-state index contributed by atoms with van der Waals surface area (Å²) in [5.74, 6) is -0.525. The average Bonchev–Trinajstić information content (AvgIpc) is 3.00. The lowest BCUT2D eigenvalue weighted by atomic mass is 9.80. The SMILES string of the molecule is O=C(NC1(C(=O)NCCO)CCCCC1)c1ccoc1. The van der Waals surface area contributed by atoms with Gasteiger partial charge in [-0.15, -0.1) is 0 Å². The highest BCUT2D eigenvalue weighted by atomic mass is 16.3. The third-order valence-electron chi connectivity index (χ3n) is 3.68. The minimum absolute atomic E-state index is 0.114. The lowest BCUT2D eigenvalue weighted by molar-refractivity contribution is -0.128. The molecule has 1 aromatic rings. The van der Waals surface area contributed by atoms with E-state index in [4.69, 9.17) is 9.52 Å². The highest BCUT2D eigenvalue weighted by Gasteiger charge is 2.40. The number of carbonyl (C=O) groups excluding carboxylic acids is 2. The highest BCUT2D eigenvalue weighted by molar-refractivity contribution is 5.99. The maximum atomic E-state index is 12.3. The first-order valence-corrected chi connectivity index (χ1v) is 6.92. The number of carbonyl (C=O) groups is 2. The van der Waals surface area contributed by atoms with Crippen molar-refractivity contribution in [3.8, 4) is 0 Å². The molecule has 0 saturated heterocycles. The number of aliphatic hydroxyl groups is 1. The van der Waals surface area contributed by atoms with Gasteiger partial charge < -0.3 is 20.2 Å². The first-order valence-electron chi connectivity index (χ1n) is 6.92. The Hall–Kier alpha value is -1.82.